The van der Waals surface area contributed by atoms with E-state index in [1.807, 2.05) is 12.1 Å². The summed E-state index contributed by atoms with van der Waals surface area (Å²) in [6, 6.07) is 14.6. The Bertz CT molecular complexity index is 743. The highest BCUT2D eigenvalue weighted by Crippen LogP contribution is 2.28. The molecule has 0 saturated heterocycles. The van der Waals surface area contributed by atoms with Crippen LogP contribution in [-0.4, -0.2) is 16.7 Å². The third-order valence-corrected chi connectivity index (χ3v) is 5.00. The van der Waals surface area contributed by atoms with E-state index in [-0.39, 0.29) is 6.61 Å². The van der Waals surface area contributed by atoms with Gasteiger partial charge in [-0.25, -0.2) is 0 Å². The fourth-order valence-electron chi connectivity index (χ4n) is 1.92. The van der Waals surface area contributed by atoms with E-state index in [0.29, 0.717) is 0 Å². The predicted molar refractivity (Wildman–Crippen MR) is 86.1 cm³/mol. The molecule has 3 rings (SSSR count). The van der Waals surface area contributed by atoms with E-state index >= 15 is 0 Å². The first-order chi connectivity index (χ1) is 9.85. The normalized spacial score (nSPS) is 10.4. The van der Waals surface area contributed by atoms with Gasteiger partial charge in [0.05, 0.1) is 9.90 Å². The van der Waals surface area contributed by atoms with E-state index in [4.69, 9.17) is 5.11 Å². The first kappa shape index (κ1) is 13.3. The van der Waals surface area contributed by atoms with Crippen molar-refractivity contribution in [2.24, 2.45) is 0 Å². The quantitative estimate of drug-likeness (QED) is 0.569. The van der Waals surface area contributed by atoms with Gasteiger partial charge < -0.3 is 10.1 Å². The van der Waals surface area contributed by atoms with Crippen LogP contribution in [0.25, 0.3) is 10.9 Å². The van der Waals surface area contributed by atoms with Crippen LogP contribution in [0.1, 0.15) is 9.75 Å². The third-order valence-electron chi connectivity index (χ3n) is 2.83. The summed E-state index contributed by atoms with van der Waals surface area (Å²) in [6.45, 7) is -0.0863. The van der Waals surface area contributed by atoms with E-state index in [1.54, 1.807) is 23.1 Å². The number of nitrogens with one attached hydrogen (secondary N) is 1. The number of rotatable bonds is 3. The molecule has 2 nitrogen and oxygen atoms in total. The highest BCUT2D eigenvalue weighted by atomic mass is 32.2. The van der Waals surface area contributed by atoms with Crippen molar-refractivity contribution in [2.75, 3.05) is 6.61 Å². The Morgan fingerprint density at radius 2 is 2.10 bits per heavy atom. The van der Waals surface area contributed by atoms with Crippen molar-refractivity contribution < 1.29 is 5.11 Å². The van der Waals surface area contributed by atoms with Crippen molar-refractivity contribution >= 4 is 34.0 Å². The maximum absolute atomic E-state index is 8.68. The molecule has 0 fully saturated rings. The van der Waals surface area contributed by atoms with Gasteiger partial charge >= 0.3 is 0 Å². The van der Waals surface area contributed by atoms with Gasteiger partial charge in [-0.05, 0) is 24.3 Å². The second-order valence-corrected chi connectivity index (χ2v) is 6.42. The standard InChI is InChI=1S/C16H13NOS2/c18-9-3-5-13-7-8-14(20-13)11-19-16-10-12-4-1-2-6-15(12)17-16/h1-2,4,6-8,10,17-18H,9,11H2. The number of fused-ring (bicyclic) bond motifs is 1. The Hall–Kier alpha value is -1.67. The van der Waals surface area contributed by atoms with E-state index in [1.165, 1.54) is 20.8 Å². The van der Waals surface area contributed by atoms with Gasteiger partial charge in [-0.2, -0.15) is 0 Å². The van der Waals surface area contributed by atoms with Crippen LogP contribution in [-0.2, 0) is 5.75 Å². The number of aliphatic hydroxyl groups excluding tert-OH is 1. The van der Waals surface area contributed by atoms with E-state index in [9.17, 15) is 0 Å². The van der Waals surface area contributed by atoms with Crippen LogP contribution in [0, 0.1) is 11.8 Å². The number of hydrogen-bond donors (Lipinski definition) is 2. The zero-order valence-corrected chi connectivity index (χ0v) is 12.4. The first-order valence-electron chi connectivity index (χ1n) is 6.24. The van der Waals surface area contributed by atoms with Gasteiger partial charge in [0, 0.05) is 21.5 Å². The number of aliphatic hydroxyl groups is 1. The van der Waals surface area contributed by atoms with Gasteiger partial charge in [-0.1, -0.05) is 30.0 Å². The van der Waals surface area contributed by atoms with E-state index in [0.717, 1.165) is 10.6 Å². The molecule has 3 aromatic rings. The molecule has 2 N–H and O–H groups in total. The molecule has 2 heterocycles. The minimum absolute atomic E-state index is 0.0863. The maximum atomic E-state index is 8.68. The van der Waals surface area contributed by atoms with Crippen LogP contribution in [0.5, 0.6) is 0 Å². The van der Waals surface area contributed by atoms with Gasteiger partial charge in [-0.3, -0.25) is 0 Å². The van der Waals surface area contributed by atoms with Gasteiger partial charge in [0.15, 0.2) is 0 Å². The summed E-state index contributed by atoms with van der Waals surface area (Å²) in [5.41, 5.74) is 1.18. The summed E-state index contributed by atoms with van der Waals surface area (Å²) in [5, 5.41) is 11.1. The number of thioether (sulfide) groups is 1. The van der Waals surface area contributed by atoms with Crippen molar-refractivity contribution in [3.05, 3.63) is 52.2 Å². The van der Waals surface area contributed by atoms with Crippen LogP contribution >= 0.6 is 23.1 Å². The minimum atomic E-state index is -0.0863. The molecule has 20 heavy (non-hydrogen) atoms. The molecule has 1 aromatic carbocycles. The molecule has 0 unspecified atom stereocenters. The predicted octanol–water partition coefficient (Wildman–Crippen LogP) is 3.87. The summed E-state index contributed by atoms with van der Waals surface area (Å²) < 4.78 is 0. The number of para-hydroxylation sites is 1. The lowest BCUT2D eigenvalue weighted by Gasteiger charge is -1.94. The Morgan fingerprint density at radius 1 is 1.20 bits per heavy atom. The fourth-order valence-corrected chi connectivity index (χ4v) is 3.80. The second kappa shape index (κ2) is 6.19. The largest absolute Gasteiger partial charge is 0.384 e. The highest BCUT2D eigenvalue weighted by Gasteiger charge is 2.03. The number of benzene rings is 1. The topological polar surface area (TPSA) is 36.0 Å². The lowest BCUT2D eigenvalue weighted by atomic mass is 10.3. The second-order valence-electron chi connectivity index (χ2n) is 4.24. The van der Waals surface area contributed by atoms with Crippen molar-refractivity contribution in [1.82, 2.24) is 4.98 Å². The molecule has 0 aliphatic carbocycles. The Kier molecular flexibility index (Phi) is 4.12. The highest BCUT2D eigenvalue weighted by molar-refractivity contribution is 7.98. The third kappa shape index (κ3) is 3.07. The lowest BCUT2D eigenvalue weighted by molar-refractivity contribution is 0.350. The molecule has 0 bridgehead atoms. The average Bonchev–Trinajstić information content (AvgIpc) is 3.09. The minimum Gasteiger partial charge on any atom is -0.384 e. The number of hydrogen-bond acceptors (Lipinski definition) is 3. The molecule has 0 radical (unpaired) electrons. The van der Waals surface area contributed by atoms with Gasteiger partial charge in [0.25, 0.3) is 0 Å². The number of aromatic amines is 1. The summed E-state index contributed by atoms with van der Waals surface area (Å²) in [6.07, 6.45) is 0. The summed E-state index contributed by atoms with van der Waals surface area (Å²) in [4.78, 5) is 5.71. The van der Waals surface area contributed by atoms with Gasteiger partial charge in [0.1, 0.15) is 6.61 Å². The SMILES string of the molecule is OCC#Cc1ccc(CSc2cc3ccccc3[nH]2)s1. The summed E-state index contributed by atoms with van der Waals surface area (Å²) in [5.74, 6) is 6.54. The summed E-state index contributed by atoms with van der Waals surface area (Å²) >= 11 is 3.47. The van der Waals surface area contributed by atoms with Crippen LogP contribution in [0.2, 0.25) is 0 Å². The van der Waals surface area contributed by atoms with E-state index < -0.39 is 0 Å². The molecule has 0 spiro atoms. The average molecular weight is 299 g/mol. The molecule has 0 amide bonds. The molecule has 2 aromatic heterocycles. The Labute approximate surface area is 125 Å². The molecular weight excluding hydrogens is 286 g/mol. The number of H-pyrrole nitrogens is 1. The van der Waals surface area contributed by atoms with Crippen molar-refractivity contribution in [3.63, 3.8) is 0 Å². The number of thiophene rings is 1. The number of aromatic nitrogens is 1. The summed E-state index contributed by atoms with van der Waals surface area (Å²) in [7, 11) is 0. The Balaban J connectivity index is 1.68. The lowest BCUT2D eigenvalue weighted by Crippen LogP contribution is -1.73. The fraction of sp³-hybridized carbons (Fsp3) is 0.125. The zero-order valence-electron chi connectivity index (χ0n) is 10.7. The monoisotopic (exact) mass is 299 g/mol. The van der Waals surface area contributed by atoms with Crippen molar-refractivity contribution in [3.8, 4) is 11.8 Å². The molecule has 0 atom stereocenters. The van der Waals surface area contributed by atoms with E-state index in [2.05, 4.69) is 47.2 Å². The molecular formula is C16H13NOS2. The molecule has 0 aliphatic heterocycles. The Morgan fingerprint density at radius 3 is 2.95 bits per heavy atom. The van der Waals surface area contributed by atoms with Crippen LogP contribution in [0.4, 0.5) is 0 Å². The molecule has 0 aliphatic rings. The van der Waals surface area contributed by atoms with Gasteiger partial charge in [-0.15, -0.1) is 23.1 Å². The van der Waals surface area contributed by atoms with Crippen molar-refractivity contribution in [2.45, 2.75) is 10.8 Å². The van der Waals surface area contributed by atoms with Crippen LogP contribution in [0.3, 0.4) is 0 Å². The van der Waals surface area contributed by atoms with Crippen LogP contribution < -0.4 is 0 Å². The smallest absolute Gasteiger partial charge is 0.104 e. The van der Waals surface area contributed by atoms with Gasteiger partial charge in [0.2, 0.25) is 0 Å². The molecule has 4 heteroatoms. The van der Waals surface area contributed by atoms with Crippen molar-refractivity contribution in [1.29, 1.82) is 0 Å². The molecule has 100 valence electrons. The maximum Gasteiger partial charge on any atom is 0.104 e. The first-order valence-corrected chi connectivity index (χ1v) is 8.04. The zero-order chi connectivity index (χ0) is 13.8. The van der Waals surface area contributed by atoms with Crippen LogP contribution in [0.15, 0.2) is 47.5 Å². The molecule has 0 saturated carbocycles.